The van der Waals surface area contributed by atoms with E-state index in [-0.39, 0.29) is 11.8 Å². The molecule has 0 unspecified atom stereocenters. The van der Waals surface area contributed by atoms with E-state index in [4.69, 9.17) is 12.2 Å². The SMILES string of the molecule is CC[C@@H](C)NC(=S)Nc1ccc(OC(F)(F)F)cc1. The minimum Gasteiger partial charge on any atom is -0.406 e. The van der Waals surface area contributed by atoms with Gasteiger partial charge in [-0.05, 0) is 49.8 Å². The van der Waals surface area contributed by atoms with Gasteiger partial charge in [-0.25, -0.2) is 0 Å². The molecule has 0 aromatic heterocycles. The number of thiocarbonyl (C=S) groups is 1. The van der Waals surface area contributed by atoms with E-state index in [0.717, 1.165) is 6.42 Å². The number of alkyl halides is 3. The van der Waals surface area contributed by atoms with E-state index in [2.05, 4.69) is 15.4 Å². The van der Waals surface area contributed by atoms with Crippen molar-refractivity contribution >= 4 is 23.0 Å². The number of rotatable bonds is 4. The van der Waals surface area contributed by atoms with Crippen LogP contribution >= 0.6 is 12.2 Å². The normalized spacial score (nSPS) is 12.7. The highest BCUT2D eigenvalue weighted by molar-refractivity contribution is 7.80. The lowest BCUT2D eigenvalue weighted by atomic mass is 10.3. The first-order valence-electron chi connectivity index (χ1n) is 5.73. The molecule has 1 atom stereocenters. The second-order valence-electron chi connectivity index (χ2n) is 3.98. The van der Waals surface area contributed by atoms with Crippen molar-refractivity contribution in [2.75, 3.05) is 5.32 Å². The Morgan fingerprint density at radius 3 is 2.37 bits per heavy atom. The molecule has 0 amide bonds. The van der Waals surface area contributed by atoms with Crippen LogP contribution in [-0.4, -0.2) is 17.5 Å². The van der Waals surface area contributed by atoms with Gasteiger partial charge < -0.3 is 15.4 Å². The third kappa shape index (κ3) is 6.28. The molecular weight excluding hydrogens is 277 g/mol. The van der Waals surface area contributed by atoms with E-state index in [1.165, 1.54) is 24.3 Å². The number of hydrogen-bond acceptors (Lipinski definition) is 2. The Labute approximate surface area is 115 Å². The average Bonchev–Trinajstić information content (AvgIpc) is 2.29. The molecule has 1 aromatic carbocycles. The number of benzene rings is 1. The summed E-state index contributed by atoms with van der Waals surface area (Å²) in [5, 5.41) is 6.35. The second kappa shape index (κ2) is 6.60. The summed E-state index contributed by atoms with van der Waals surface area (Å²) >= 11 is 5.07. The molecule has 0 aliphatic carbocycles. The van der Waals surface area contributed by atoms with Crippen molar-refractivity contribution in [2.45, 2.75) is 32.7 Å². The van der Waals surface area contributed by atoms with Crippen LogP contribution in [-0.2, 0) is 0 Å². The molecule has 106 valence electrons. The first-order chi connectivity index (χ1) is 8.80. The minimum atomic E-state index is -4.68. The molecule has 0 saturated carbocycles. The zero-order chi connectivity index (χ0) is 14.5. The zero-order valence-corrected chi connectivity index (χ0v) is 11.4. The Kier molecular flexibility index (Phi) is 5.41. The van der Waals surface area contributed by atoms with Gasteiger partial charge in [0, 0.05) is 11.7 Å². The van der Waals surface area contributed by atoms with Gasteiger partial charge in [0.05, 0.1) is 0 Å². The van der Waals surface area contributed by atoms with Gasteiger partial charge in [-0.3, -0.25) is 0 Å². The highest BCUT2D eigenvalue weighted by Gasteiger charge is 2.30. The molecule has 0 spiro atoms. The van der Waals surface area contributed by atoms with Crippen LogP contribution in [0.3, 0.4) is 0 Å². The number of anilines is 1. The van der Waals surface area contributed by atoms with Gasteiger partial charge in [0.1, 0.15) is 5.75 Å². The van der Waals surface area contributed by atoms with E-state index in [1.807, 2.05) is 13.8 Å². The summed E-state index contributed by atoms with van der Waals surface area (Å²) in [6.07, 6.45) is -3.76. The maximum atomic E-state index is 12.0. The number of ether oxygens (including phenoxy) is 1. The molecule has 0 saturated heterocycles. The first kappa shape index (κ1) is 15.6. The van der Waals surface area contributed by atoms with Crippen LogP contribution < -0.4 is 15.4 Å². The van der Waals surface area contributed by atoms with Gasteiger partial charge >= 0.3 is 6.36 Å². The van der Waals surface area contributed by atoms with Crippen molar-refractivity contribution in [3.05, 3.63) is 24.3 Å². The Hall–Kier alpha value is -1.50. The van der Waals surface area contributed by atoms with E-state index < -0.39 is 6.36 Å². The van der Waals surface area contributed by atoms with Gasteiger partial charge in [0.25, 0.3) is 0 Å². The summed E-state index contributed by atoms with van der Waals surface area (Å²) in [5.41, 5.74) is 0.593. The molecule has 0 radical (unpaired) electrons. The van der Waals surface area contributed by atoms with Gasteiger partial charge in [0.15, 0.2) is 5.11 Å². The smallest absolute Gasteiger partial charge is 0.406 e. The monoisotopic (exact) mass is 292 g/mol. The molecule has 1 aromatic rings. The molecule has 0 heterocycles. The molecule has 7 heteroatoms. The Morgan fingerprint density at radius 2 is 1.89 bits per heavy atom. The quantitative estimate of drug-likeness (QED) is 0.830. The summed E-state index contributed by atoms with van der Waals surface area (Å²) in [7, 11) is 0. The van der Waals surface area contributed by atoms with E-state index in [1.54, 1.807) is 0 Å². The lowest BCUT2D eigenvalue weighted by Gasteiger charge is -2.15. The van der Waals surface area contributed by atoms with Crippen LogP contribution in [0.5, 0.6) is 5.75 Å². The molecule has 0 aliphatic heterocycles. The van der Waals surface area contributed by atoms with Crippen LogP contribution in [0.1, 0.15) is 20.3 Å². The van der Waals surface area contributed by atoms with E-state index >= 15 is 0 Å². The van der Waals surface area contributed by atoms with Crippen molar-refractivity contribution in [3.8, 4) is 5.75 Å². The molecule has 2 N–H and O–H groups in total. The molecule has 0 aliphatic rings. The topological polar surface area (TPSA) is 33.3 Å². The molecule has 0 bridgehead atoms. The third-order valence-electron chi connectivity index (χ3n) is 2.34. The van der Waals surface area contributed by atoms with Crippen molar-refractivity contribution in [1.82, 2.24) is 5.32 Å². The van der Waals surface area contributed by atoms with Gasteiger partial charge in [-0.2, -0.15) is 0 Å². The minimum absolute atomic E-state index is 0.229. The van der Waals surface area contributed by atoms with Crippen molar-refractivity contribution in [1.29, 1.82) is 0 Å². The molecule has 1 rings (SSSR count). The van der Waals surface area contributed by atoms with Crippen LogP contribution in [0.25, 0.3) is 0 Å². The highest BCUT2D eigenvalue weighted by atomic mass is 32.1. The van der Waals surface area contributed by atoms with Crippen LogP contribution in [0.4, 0.5) is 18.9 Å². The number of hydrogen-bond donors (Lipinski definition) is 2. The Morgan fingerprint density at radius 1 is 1.32 bits per heavy atom. The summed E-state index contributed by atoms with van der Waals surface area (Å²) in [4.78, 5) is 0. The largest absolute Gasteiger partial charge is 0.573 e. The maximum absolute atomic E-state index is 12.0. The fourth-order valence-electron chi connectivity index (χ4n) is 1.23. The predicted octanol–water partition coefficient (Wildman–Crippen LogP) is 3.67. The van der Waals surface area contributed by atoms with Crippen LogP contribution in [0.2, 0.25) is 0 Å². The lowest BCUT2D eigenvalue weighted by molar-refractivity contribution is -0.274. The first-order valence-corrected chi connectivity index (χ1v) is 6.14. The number of halogens is 3. The fourth-order valence-corrected chi connectivity index (χ4v) is 1.55. The maximum Gasteiger partial charge on any atom is 0.573 e. The van der Waals surface area contributed by atoms with Gasteiger partial charge in [0.2, 0.25) is 0 Å². The van der Waals surface area contributed by atoms with Crippen molar-refractivity contribution < 1.29 is 17.9 Å². The predicted molar refractivity (Wildman–Crippen MR) is 72.2 cm³/mol. The summed E-state index contributed by atoms with van der Waals surface area (Å²) in [6.45, 7) is 4.00. The van der Waals surface area contributed by atoms with E-state index in [0.29, 0.717) is 10.8 Å². The molecule has 0 fully saturated rings. The molecular formula is C12H15F3N2OS. The van der Waals surface area contributed by atoms with E-state index in [9.17, 15) is 13.2 Å². The summed E-state index contributed by atoms with van der Waals surface area (Å²) < 4.78 is 39.7. The Balaban J connectivity index is 2.55. The zero-order valence-electron chi connectivity index (χ0n) is 10.5. The van der Waals surface area contributed by atoms with Crippen molar-refractivity contribution in [3.63, 3.8) is 0 Å². The Bertz CT molecular complexity index is 420. The highest BCUT2D eigenvalue weighted by Crippen LogP contribution is 2.23. The van der Waals surface area contributed by atoms with Gasteiger partial charge in [-0.15, -0.1) is 13.2 Å². The standard InChI is InChI=1S/C12H15F3N2OS/c1-3-8(2)16-11(19)17-9-4-6-10(7-5-9)18-12(13,14)15/h4-8H,3H2,1-2H3,(H2,16,17,19)/t8-/m1/s1. The summed E-state index contributed by atoms with van der Waals surface area (Å²) in [6, 6.07) is 5.61. The fraction of sp³-hybridized carbons (Fsp3) is 0.417. The summed E-state index contributed by atoms with van der Waals surface area (Å²) in [5.74, 6) is -0.265. The number of nitrogens with one attached hydrogen (secondary N) is 2. The molecule has 3 nitrogen and oxygen atoms in total. The van der Waals surface area contributed by atoms with Gasteiger partial charge in [-0.1, -0.05) is 6.92 Å². The van der Waals surface area contributed by atoms with Crippen LogP contribution in [0, 0.1) is 0 Å². The van der Waals surface area contributed by atoms with Crippen molar-refractivity contribution in [2.24, 2.45) is 0 Å². The third-order valence-corrected chi connectivity index (χ3v) is 2.56. The molecule has 19 heavy (non-hydrogen) atoms. The lowest BCUT2D eigenvalue weighted by Crippen LogP contribution is -2.35. The second-order valence-corrected chi connectivity index (χ2v) is 4.39. The average molecular weight is 292 g/mol. The van der Waals surface area contributed by atoms with Crippen LogP contribution in [0.15, 0.2) is 24.3 Å².